The van der Waals surface area contributed by atoms with Gasteiger partial charge in [-0.2, -0.15) is 0 Å². The van der Waals surface area contributed by atoms with Gasteiger partial charge in [0, 0.05) is 10.0 Å². The van der Waals surface area contributed by atoms with Crippen molar-refractivity contribution in [2.24, 2.45) is 0 Å². The van der Waals surface area contributed by atoms with E-state index in [1.165, 1.54) is 0 Å². The quantitative estimate of drug-likeness (QED) is 0.592. The molecule has 0 radical (unpaired) electrons. The molecular weight excluding hydrogens is 240 g/mol. The summed E-state index contributed by atoms with van der Waals surface area (Å²) in [4.78, 5) is 11.3. The Morgan fingerprint density at radius 3 is 2.36 bits per heavy atom. The Labute approximate surface area is 92.3 Å². The summed E-state index contributed by atoms with van der Waals surface area (Å²) >= 11 is 3.35. The van der Waals surface area contributed by atoms with Crippen LogP contribution in [-0.4, -0.2) is 5.78 Å². The molecule has 0 atom stereocenters. The van der Waals surface area contributed by atoms with Crippen LogP contribution >= 0.6 is 15.9 Å². The van der Waals surface area contributed by atoms with Crippen molar-refractivity contribution in [3.63, 3.8) is 0 Å². The molecule has 0 aliphatic carbocycles. The highest BCUT2D eigenvalue weighted by Crippen LogP contribution is 2.18. The van der Waals surface area contributed by atoms with Crippen LogP contribution in [-0.2, 0) is 4.79 Å². The van der Waals surface area contributed by atoms with Gasteiger partial charge in [-0.15, -0.1) is 0 Å². The molecule has 0 N–H and O–H groups in total. The number of carbonyl (C=O) groups is 1. The van der Waals surface area contributed by atoms with Crippen molar-refractivity contribution in [2.45, 2.75) is 6.92 Å². The van der Waals surface area contributed by atoms with Crippen LogP contribution in [0.2, 0.25) is 0 Å². The highest BCUT2D eigenvalue weighted by atomic mass is 79.9. The molecule has 0 aliphatic heterocycles. The number of hydrogen-bond donors (Lipinski definition) is 0. The second-order valence-electron chi connectivity index (χ2n) is 2.88. The molecule has 1 aromatic carbocycles. The van der Waals surface area contributed by atoms with Crippen LogP contribution in [0.25, 0.3) is 5.57 Å². The van der Waals surface area contributed by atoms with Crippen molar-refractivity contribution < 1.29 is 4.79 Å². The normalized spacial score (nSPS) is 11.1. The molecule has 1 aromatic rings. The van der Waals surface area contributed by atoms with E-state index in [2.05, 4.69) is 22.5 Å². The first kappa shape index (κ1) is 10.9. The standard InChI is InChI=1S/C12H11BrO/c1-3-4-12(9(2)14)10-5-7-11(13)8-6-10/h3-8H,1H2,2H3/b12-4-. The van der Waals surface area contributed by atoms with Crippen LogP contribution in [0.15, 0.2) is 47.5 Å². The molecule has 0 fully saturated rings. The van der Waals surface area contributed by atoms with E-state index in [4.69, 9.17) is 0 Å². The fourth-order valence-corrected chi connectivity index (χ4v) is 1.43. The predicted octanol–water partition coefficient (Wildman–Crippen LogP) is 3.61. The van der Waals surface area contributed by atoms with E-state index < -0.39 is 0 Å². The van der Waals surface area contributed by atoms with Gasteiger partial charge in [0.1, 0.15) is 0 Å². The van der Waals surface area contributed by atoms with Gasteiger partial charge in [0.05, 0.1) is 0 Å². The van der Waals surface area contributed by atoms with Crippen LogP contribution in [0.1, 0.15) is 12.5 Å². The van der Waals surface area contributed by atoms with Crippen LogP contribution < -0.4 is 0 Å². The Balaban J connectivity index is 3.12. The minimum atomic E-state index is 0.0484. The molecule has 0 saturated carbocycles. The predicted molar refractivity (Wildman–Crippen MR) is 63.0 cm³/mol. The molecule has 0 aliphatic rings. The number of rotatable bonds is 3. The Morgan fingerprint density at radius 2 is 1.93 bits per heavy atom. The van der Waals surface area contributed by atoms with Gasteiger partial charge in [0.2, 0.25) is 0 Å². The topological polar surface area (TPSA) is 17.1 Å². The number of Topliss-reactive ketones (excluding diaryl/α,β-unsaturated/α-hetero) is 1. The molecule has 1 nitrogen and oxygen atoms in total. The molecule has 0 bridgehead atoms. The van der Waals surface area contributed by atoms with E-state index in [9.17, 15) is 4.79 Å². The number of ketones is 1. The summed E-state index contributed by atoms with van der Waals surface area (Å²) in [5.74, 6) is 0.0484. The second-order valence-corrected chi connectivity index (χ2v) is 3.79. The first-order valence-electron chi connectivity index (χ1n) is 4.24. The van der Waals surface area contributed by atoms with Crippen molar-refractivity contribution in [3.8, 4) is 0 Å². The van der Waals surface area contributed by atoms with Crippen molar-refractivity contribution in [3.05, 3.63) is 53.0 Å². The Hall–Kier alpha value is -1.15. The fraction of sp³-hybridized carbons (Fsp3) is 0.0833. The molecule has 1 rings (SSSR count). The second kappa shape index (κ2) is 4.91. The number of hydrogen-bond acceptors (Lipinski definition) is 1. The summed E-state index contributed by atoms with van der Waals surface area (Å²) in [5.41, 5.74) is 1.60. The third kappa shape index (κ3) is 2.67. The van der Waals surface area contributed by atoms with Gasteiger partial charge in [-0.25, -0.2) is 0 Å². The van der Waals surface area contributed by atoms with E-state index >= 15 is 0 Å². The van der Waals surface area contributed by atoms with Crippen LogP contribution in [0.3, 0.4) is 0 Å². The maximum absolute atomic E-state index is 11.3. The maximum atomic E-state index is 11.3. The molecule has 0 saturated heterocycles. The molecule has 0 aromatic heterocycles. The SMILES string of the molecule is C=C/C=C(/C(C)=O)c1ccc(Br)cc1. The van der Waals surface area contributed by atoms with Gasteiger partial charge in [-0.3, -0.25) is 4.79 Å². The lowest BCUT2D eigenvalue weighted by atomic mass is 10.0. The maximum Gasteiger partial charge on any atom is 0.160 e. The molecule has 14 heavy (non-hydrogen) atoms. The van der Waals surface area contributed by atoms with Gasteiger partial charge in [-0.05, 0) is 24.6 Å². The van der Waals surface area contributed by atoms with E-state index in [1.807, 2.05) is 24.3 Å². The average molecular weight is 251 g/mol. The van der Waals surface area contributed by atoms with Crippen LogP contribution in [0, 0.1) is 0 Å². The fourth-order valence-electron chi connectivity index (χ4n) is 1.16. The minimum absolute atomic E-state index is 0.0484. The van der Waals surface area contributed by atoms with Crippen molar-refractivity contribution in [2.75, 3.05) is 0 Å². The first-order chi connectivity index (χ1) is 6.65. The number of halogens is 1. The third-order valence-electron chi connectivity index (χ3n) is 1.82. The average Bonchev–Trinajstić information content (AvgIpc) is 2.15. The molecule has 0 unspecified atom stereocenters. The van der Waals surface area contributed by atoms with E-state index in [0.29, 0.717) is 5.57 Å². The zero-order chi connectivity index (χ0) is 10.6. The van der Waals surface area contributed by atoms with E-state index in [1.54, 1.807) is 19.1 Å². The molecule has 0 spiro atoms. The molecular formula is C12H11BrO. The lowest BCUT2D eigenvalue weighted by Crippen LogP contribution is -1.95. The Bertz CT molecular complexity index is 374. The number of benzene rings is 1. The smallest absolute Gasteiger partial charge is 0.160 e. The van der Waals surface area contributed by atoms with Gasteiger partial charge >= 0.3 is 0 Å². The van der Waals surface area contributed by atoms with Gasteiger partial charge < -0.3 is 0 Å². The summed E-state index contributed by atoms with van der Waals surface area (Å²) in [6, 6.07) is 7.63. The van der Waals surface area contributed by atoms with Crippen molar-refractivity contribution in [1.82, 2.24) is 0 Å². The summed E-state index contributed by atoms with van der Waals surface area (Å²) in [7, 11) is 0. The molecule has 72 valence electrons. The monoisotopic (exact) mass is 250 g/mol. The van der Waals surface area contributed by atoms with Gasteiger partial charge in [0.25, 0.3) is 0 Å². The Kier molecular flexibility index (Phi) is 3.84. The summed E-state index contributed by atoms with van der Waals surface area (Å²) in [6.45, 7) is 5.14. The highest BCUT2D eigenvalue weighted by Gasteiger charge is 2.05. The number of carbonyl (C=O) groups excluding carboxylic acids is 1. The highest BCUT2D eigenvalue weighted by molar-refractivity contribution is 9.10. The Morgan fingerprint density at radius 1 is 1.36 bits per heavy atom. The lowest BCUT2D eigenvalue weighted by molar-refractivity contribution is -0.111. The summed E-state index contributed by atoms with van der Waals surface area (Å²) in [6.07, 6.45) is 3.35. The van der Waals surface area contributed by atoms with E-state index in [0.717, 1.165) is 10.0 Å². The number of allylic oxidation sites excluding steroid dienone is 3. The van der Waals surface area contributed by atoms with E-state index in [-0.39, 0.29) is 5.78 Å². The molecule has 2 heteroatoms. The third-order valence-corrected chi connectivity index (χ3v) is 2.35. The largest absolute Gasteiger partial charge is 0.294 e. The molecule has 0 amide bonds. The van der Waals surface area contributed by atoms with Crippen molar-refractivity contribution >= 4 is 27.3 Å². The van der Waals surface area contributed by atoms with Gasteiger partial charge in [0.15, 0.2) is 5.78 Å². The lowest BCUT2D eigenvalue weighted by Gasteiger charge is -2.02. The minimum Gasteiger partial charge on any atom is -0.294 e. The van der Waals surface area contributed by atoms with Crippen LogP contribution in [0.5, 0.6) is 0 Å². The summed E-state index contributed by atoms with van der Waals surface area (Å²) < 4.78 is 1.00. The van der Waals surface area contributed by atoms with Crippen molar-refractivity contribution in [1.29, 1.82) is 0 Å². The van der Waals surface area contributed by atoms with Gasteiger partial charge in [-0.1, -0.05) is 46.8 Å². The molecule has 0 heterocycles. The zero-order valence-electron chi connectivity index (χ0n) is 7.96. The first-order valence-corrected chi connectivity index (χ1v) is 5.04. The summed E-state index contributed by atoms with van der Waals surface area (Å²) in [5, 5.41) is 0. The van der Waals surface area contributed by atoms with Crippen LogP contribution in [0.4, 0.5) is 0 Å². The zero-order valence-corrected chi connectivity index (χ0v) is 9.54.